The first kappa shape index (κ1) is 23.3. The first-order valence-corrected chi connectivity index (χ1v) is 10.9. The zero-order valence-corrected chi connectivity index (χ0v) is 18.4. The van der Waals surface area contributed by atoms with Gasteiger partial charge in [-0.05, 0) is 49.9 Å². The lowest BCUT2D eigenvalue weighted by atomic mass is 9.98. The smallest absolute Gasteiger partial charge is 0.321 e. The Bertz CT molecular complexity index is 902. The first-order chi connectivity index (χ1) is 15.5. The summed E-state index contributed by atoms with van der Waals surface area (Å²) in [5.74, 6) is -0.0755. The zero-order chi connectivity index (χ0) is 22.8. The van der Waals surface area contributed by atoms with Crippen LogP contribution >= 0.6 is 0 Å². The predicted molar refractivity (Wildman–Crippen MR) is 124 cm³/mol. The van der Waals surface area contributed by atoms with E-state index in [1.165, 1.54) is 0 Å². The molecule has 8 heteroatoms. The van der Waals surface area contributed by atoms with Crippen LogP contribution in [0.15, 0.2) is 54.6 Å². The van der Waals surface area contributed by atoms with E-state index in [1.807, 2.05) is 66.4 Å². The summed E-state index contributed by atoms with van der Waals surface area (Å²) in [6.45, 7) is 4.55. The number of hydrogen-bond donors (Lipinski definition) is 4. The zero-order valence-electron chi connectivity index (χ0n) is 18.4. The van der Waals surface area contributed by atoms with Crippen LogP contribution in [0.1, 0.15) is 24.0 Å². The van der Waals surface area contributed by atoms with Gasteiger partial charge in [-0.3, -0.25) is 15.0 Å². The van der Waals surface area contributed by atoms with Crippen molar-refractivity contribution in [3.05, 3.63) is 65.7 Å². The molecule has 1 saturated heterocycles. The number of likely N-dealkylation sites (tertiary alicyclic amines) is 1. The largest absolute Gasteiger partial charge is 0.338 e. The second-order valence-corrected chi connectivity index (χ2v) is 8.16. The highest BCUT2D eigenvalue weighted by Crippen LogP contribution is 2.15. The molecule has 8 nitrogen and oxygen atoms in total. The van der Waals surface area contributed by atoms with E-state index < -0.39 is 6.03 Å². The van der Waals surface area contributed by atoms with Gasteiger partial charge in [-0.25, -0.2) is 9.59 Å². The number of aryl methyl sites for hydroxylation is 1. The van der Waals surface area contributed by atoms with Crippen molar-refractivity contribution in [2.45, 2.75) is 26.3 Å². The predicted octanol–water partition coefficient (Wildman–Crippen LogP) is 2.85. The van der Waals surface area contributed by atoms with Crippen LogP contribution in [-0.4, -0.2) is 49.0 Å². The number of carbonyl (C=O) groups excluding carboxylic acids is 3. The molecule has 0 bridgehead atoms. The van der Waals surface area contributed by atoms with Crippen molar-refractivity contribution in [1.29, 1.82) is 0 Å². The second-order valence-electron chi connectivity index (χ2n) is 8.16. The fraction of sp³-hybridized carbons (Fsp3) is 0.375. The van der Waals surface area contributed by atoms with Crippen LogP contribution in [0.3, 0.4) is 0 Å². The van der Waals surface area contributed by atoms with Crippen molar-refractivity contribution in [2.75, 3.05) is 31.5 Å². The maximum atomic E-state index is 12.2. The van der Waals surface area contributed by atoms with Crippen molar-refractivity contribution in [3.8, 4) is 0 Å². The molecule has 0 unspecified atom stereocenters. The van der Waals surface area contributed by atoms with Gasteiger partial charge in [0.2, 0.25) is 5.91 Å². The minimum Gasteiger partial charge on any atom is -0.338 e. The van der Waals surface area contributed by atoms with Gasteiger partial charge in [-0.15, -0.1) is 0 Å². The third-order valence-electron chi connectivity index (χ3n) is 5.38. The molecule has 1 aliphatic heterocycles. The van der Waals surface area contributed by atoms with Crippen molar-refractivity contribution in [3.63, 3.8) is 0 Å². The van der Waals surface area contributed by atoms with Gasteiger partial charge in [-0.1, -0.05) is 48.0 Å². The van der Waals surface area contributed by atoms with Crippen LogP contribution in [0.25, 0.3) is 0 Å². The molecule has 0 aliphatic carbocycles. The van der Waals surface area contributed by atoms with Crippen LogP contribution in [0, 0.1) is 12.8 Å². The van der Waals surface area contributed by atoms with Gasteiger partial charge < -0.3 is 16.0 Å². The van der Waals surface area contributed by atoms with Crippen LogP contribution < -0.4 is 21.3 Å². The average Bonchev–Trinajstić information content (AvgIpc) is 2.79. The van der Waals surface area contributed by atoms with Gasteiger partial charge in [0, 0.05) is 25.3 Å². The van der Waals surface area contributed by atoms with Crippen LogP contribution in [0.5, 0.6) is 0 Å². The molecule has 32 heavy (non-hydrogen) atoms. The number of anilines is 1. The highest BCUT2D eigenvalue weighted by Gasteiger charge is 2.22. The summed E-state index contributed by atoms with van der Waals surface area (Å²) in [5.41, 5.74) is 2.85. The molecule has 1 fully saturated rings. The van der Waals surface area contributed by atoms with Gasteiger partial charge in [0.1, 0.15) is 0 Å². The molecule has 3 rings (SSSR count). The fourth-order valence-corrected chi connectivity index (χ4v) is 3.70. The molecule has 1 aliphatic rings. The molecule has 2 aromatic rings. The normalized spacial score (nSPS) is 16.1. The number of nitrogens with zero attached hydrogens (tertiary/aromatic N) is 1. The number of carbonyl (C=O) groups is 3. The summed E-state index contributed by atoms with van der Waals surface area (Å²) in [4.78, 5) is 38.4. The first-order valence-electron chi connectivity index (χ1n) is 10.9. The topological polar surface area (TPSA) is 103 Å². The van der Waals surface area contributed by atoms with Crippen molar-refractivity contribution >= 4 is 23.7 Å². The molecule has 0 spiro atoms. The Morgan fingerprint density at radius 2 is 1.72 bits per heavy atom. The number of piperidine rings is 1. The minimum atomic E-state index is -0.498. The molecule has 0 aromatic heterocycles. The number of amides is 5. The van der Waals surface area contributed by atoms with Gasteiger partial charge in [-0.2, -0.15) is 0 Å². The van der Waals surface area contributed by atoms with E-state index in [-0.39, 0.29) is 24.4 Å². The molecule has 1 heterocycles. The minimum absolute atomic E-state index is 0.158. The van der Waals surface area contributed by atoms with E-state index in [9.17, 15) is 14.4 Å². The molecule has 0 radical (unpaired) electrons. The Labute approximate surface area is 188 Å². The van der Waals surface area contributed by atoms with E-state index in [1.54, 1.807) is 0 Å². The number of hydrogen-bond acceptors (Lipinski definition) is 4. The highest BCUT2D eigenvalue weighted by molar-refractivity contribution is 5.95. The number of nitrogens with one attached hydrogen (secondary N) is 4. The molecule has 1 atom stereocenters. The number of rotatable bonds is 7. The number of imide groups is 1. The lowest BCUT2D eigenvalue weighted by molar-refractivity contribution is -0.121. The summed E-state index contributed by atoms with van der Waals surface area (Å²) in [7, 11) is 0. The molecule has 0 saturated carbocycles. The fourth-order valence-electron chi connectivity index (χ4n) is 3.70. The quantitative estimate of drug-likeness (QED) is 0.535. The van der Waals surface area contributed by atoms with E-state index >= 15 is 0 Å². The van der Waals surface area contributed by atoms with Crippen molar-refractivity contribution in [1.82, 2.24) is 20.9 Å². The third kappa shape index (κ3) is 8.03. The summed E-state index contributed by atoms with van der Waals surface area (Å²) in [5, 5.41) is 10.8. The summed E-state index contributed by atoms with van der Waals surface area (Å²) >= 11 is 0. The third-order valence-corrected chi connectivity index (χ3v) is 5.38. The van der Waals surface area contributed by atoms with Crippen molar-refractivity contribution in [2.24, 2.45) is 5.92 Å². The molecular formula is C24H31N5O3. The van der Waals surface area contributed by atoms with Gasteiger partial charge in [0.25, 0.3) is 0 Å². The van der Waals surface area contributed by atoms with Crippen LogP contribution in [0.2, 0.25) is 0 Å². The Morgan fingerprint density at radius 3 is 2.47 bits per heavy atom. The van der Waals surface area contributed by atoms with Crippen molar-refractivity contribution < 1.29 is 14.4 Å². The Kier molecular flexibility index (Phi) is 8.62. The monoisotopic (exact) mass is 437 g/mol. The van der Waals surface area contributed by atoms with Gasteiger partial charge in [0.15, 0.2) is 0 Å². The number of urea groups is 2. The Balaban J connectivity index is 1.34. The SMILES string of the molecule is Cc1ccc(NC(=O)NC[C@@H]2CCCN(CC(=O)NC(=O)NCc3ccccc3)C2)cc1. The molecule has 2 aromatic carbocycles. The van der Waals surface area contributed by atoms with E-state index in [0.29, 0.717) is 19.6 Å². The Morgan fingerprint density at radius 1 is 0.969 bits per heavy atom. The molecule has 170 valence electrons. The standard InChI is InChI=1S/C24H31N5O3/c1-18-9-11-21(12-10-18)27-23(31)26-15-20-8-5-13-29(16-20)17-22(30)28-24(32)25-14-19-6-3-2-4-7-19/h2-4,6-7,9-12,20H,5,8,13-17H2,1H3,(H2,26,27,31)(H2,25,28,30,32)/t20-/m0/s1. The van der Waals surface area contributed by atoms with Gasteiger partial charge in [0.05, 0.1) is 6.54 Å². The lowest BCUT2D eigenvalue weighted by Gasteiger charge is -2.32. The van der Waals surface area contributed by atoms with E-state index in [2.05, 4.69) is 21.3 Å². The summed E-state index contributed by atoms with van der Waals surface area (Å²) < 4.78 is 0. The number of benzene rings is 2. The maximum absolute atomic E-state index is 12.2. The summed E-state index contributed by atoms with van der Waals surface area (Å²) in [6, 6.07) is 16.4. The maximum Gasteiger partial charge on any atom is 0.321 e. The lowest BCUT2D eigenvalue weighted by Crippen LogP contribution is -2.48. The van der Waals surface area contributed by atoms with Crippen LogP contribution in [-0.2, 0) is 11.3 Å². The Hall–Kier alpha value is -3.39. The van der Waals surface area contributed by atoms with E-state index in [0.717, 1.165) is 36.2 Å². The molecule has 4 N–H and O–H groups in total. The van der Waals surface area contributed by atoms with E-state index in [4.69, 9.17) is 0 Å². The van der Waals surface area contributed by atoms with Crippen LogP contribution in [0.4, 0.5) is 15.3 Å². The molecular weight excluding hydrogens is 406 g/mol. The average molecular weight is 438 g/mol. The van der Waals surface area contributed by atoms with Gasteiger partial charge >= 0.3 is 12.1 Å². The summed E-state index contributed by atoms with van der Waals surface area (Å²) in [6.07, 6.45) is 1.93. The second kappa shape index (κ2) is 11.9. The molecule has 5 amide bonds. The highest BCUT2D eigenvalue weighted by atomic mass is 16.2.